The molecule has 104 valence electrons. The van der Waals surface area contributed by atoms with Gasteiger partial charge in [-0.2, -0.15) is 0 Å². The molecule has 2 aromatic carbocycles. The third-order valence-electron chi connectivity index (χ3n) is 3.71. The van der Waals surface area contributed by atoms with E-state index in [1.165, 1.54) is 16.8 Å². The van der Waals surface area contributed by atoms with Crippen molar-refractivity contribution in [1.82, 2.24) is 0 Å². The van der Waals surface area contributed by atoms with Crippen molar-refractivity contribution in [3.05, 3.63) is 52.0 Å². The quantitative estimate of drug-likeness (QED) is 0.872. The number of nitrogens with two attached hydrogens (primary N) is 1. The maximum absolute atomic E-state index is 5.85. The first-order valence-electron chi connectivity index (χ1n) is 6.63. The van der Waals surface area contributed by atoms with Gasteiger partial charge < -0.3 is 15.4 Å². The van der Waals surface area contributed by atoms with Crippen molar-refractivity contribution < 1.29 is 4.74 Å². The summed E-state index contributed by atoms with van der Waals surface area (Å²) < 4.78 is 6.42. The molecule has 0 saturated carbocycles. The van der Waals surface area contributed by atoms with Gasteiger partial charge in [0.25, 0.3) is 0 Å². The molecular weight excluding hydrogens is 316 g/mol. The molecule has 1 heterocycles. The molecule has 3 nitrogen and oxygen atoms in total. The highest BCUT2D eigenvalue weighted by atomic mass is 79.9. The maximum atomic E-state index is 5.85. The molecule has 0 aromatic heterocycles. The van der Waals surface area contributed by atoms with Crippen LogP contribution in [0.1, 0.15) is 11.1 Å². The summed E-state index contributed by atoms with van der Waals surface area (Å²) in [5.74, 6) is 0.889. The number of fused-ring (bicyclic) bond motifs is 1. The second kappa shape index (κ2) is 5.37. The van der Waals surface area contributed by atoms with Crippen LogP contribution in [0.25, 0.3) is 0 Å². The number of ether oxygens (including phenoxy) is 1. The normalized spacial score (nSPS) is 13.4. The molecule has 0 aliphatic carbocycles. The fourth-order valence-corrected chi connectivity index (χ4v) is 3.03. The van der Waals surface area contributed by atoms with E-state index in [0.29, 0.717) is 0 Å². The number of hydrogen-bond donors (Lipinski definition) is 1. The Bertz CT molecular complexity index is 642. The highest BCUT2D eigenvalue weighted by Crippen LogP contribution is 2.32. The first kappa shape index (κ1) is 13.3. The molecule has 0 atom stereocenters. The summed E-state index contributed by atoms with van der Waals surface area (Å²) in [4.78, 5) is 2.38. The topological polar surface area (TPSA) is 38.5 Å². The van der Waals surface area contributed by atoms with Crippen molar-refractivity contribution in [3.8, 4) is 5.75 Å². The Morgan fingerprint density at radius 3 is 2.90 bits per heavy atom. The molecule has 1 aliphatic rings. The number of rotatable bonds is 3. The van der Waals surface area contributed by atoms with E-state index in [2.05, 4.69) is 39.0 Å². The largest absolute Gasteiger partial charge is 0.497 e. The summed E-state index contributed by atoms with van der Waals surface area (Å²) in [7, 11) is 1.70. The third kappa shape index (κ3) is 2.48. The molecule has 1 aliphatic heterocycles. The molecule has 0 bridgehead atoms. The molecule has 0 spiro atoms. The number of methoxy groups -OCH3 is 1. The van der Waals surface area contributed by atoms with E-state index >= 15 is 0 Å². The van der Waals surface area contributed by atoms with Crippen LogP contribution in [0.3, 0.4) is 0 Å². The SMILES string of the molecule is COc1ccc(Br)c(CN2CCc3cc(N)ccc32)c1. The van der Waals surface area contributed by atoms with Crippen molar-refractivity contribution in [2.24, 2.45) is 0 Å². The standard InChI is InChI=1S/C16H17BrN2O/c1-20-14-3-4-15(17)12(9-14)10-19-7-6-11-8-13(18)2-5-16(11)19/h2-5,8-9H,6-7,10,18H2,1H3. The van der Waals surface area contributed by atoms with Gasteiger partial charge in [-0.25, -0.2) is 0 Å². The molecule has 0 fully saturated rings. The van der Waals surface area contributed by atoms with Gasteiger partial charge in [0.1, 0.15) is 5.75 Å². The van der Waals surface area contributed by atoms with Gasteiger partial charge in [-0.3, -0.25) is 0 Å². The summed E-state index contributed by atoms with van der Waals surface area (Å²) in [6, 6.07) is 12.2. The van der Waals surface area contributed by atoms with Crippen molar-refractivity contribution in [1.29, 1.82) is 0 Å². The first-order valence-corrected chi connectivity index (χ1v) is 7.42. The van der Waals surface area contributed by atoms with Crippen molar-refractivity contribution in [2.45, 2.75) is 13.0 Å². The molecular formula is C16H17BrN2O. The van der Waals surface area contributed by atoms with Crippen LogP contribution in [-0.4, -0.2) is 13.7 Å². The van der Waals surface area contributed by atoms with Gasteiger partial charge in [0, 0.05) is 28.9 Å². The van der Waals surface area contributed by atoms with Crippen molar-refractivity contribution >= 4 is 27.3 Å². The Morgan fingerprint density at radius 1 is 1.25 bits per heavy atom. The fraction of sp³-hybridized carbons (Fsp3) is 0.250. The molecule has 4 heteroatoms. The number of nitrogens with zero attached hydrogens (tertiary/aromatic N) is 1. The molecule has 2 N–H and O–H groups in total. The van der Waals surface area contributed by atoms with Crippen LogP contribution < -0.4 is 15.4 Å². The summed E-state index contributed by atoms with van der Waals surface area (Å²) in [5.41, 5.74) is 10.5. The summed E-state index contributed by atoms with van der Waals surface area (Å²) >= 11 is 3.62. The molecule has 0 radical (unpaired) electrons. The second-order valence-corrected chi connectivity index (χ2v) is 5.87. The summed E-state index contributed by atoms with van der Waals surface area (Å²) in [6.45, 7) is 1.90. The van der Waals surface area contributed by atoms with Crippen molar-refractivity contribution in [3.63, 3.8) is 0 Å². The third-order valence-corrected chi connectivity index (χ3v) is 4.48. The molecule has 0 saturated heterocycles. The lowest BCUT2D eigenvalue weighted by atomic mass is 10.1. The molecule has 3 rings (SSSR count). The van der Waals surface area contributed by atoms with Gasteiger partial charge >= 0.3 is 0 Å². The second-order valence-electron chi connectivity index (χ2n) is 5.02. The zero-order valence-corrected chi connectivity index (χ0v) is 13.0. The lowest BCUT2D eigenvalue weighted by molar-refractivity contribution is 0.414. The highest BCUT2D eigenvalue weighted by Gasteiger charge is 2.20. The van der Waals surface area contributed by atoms with E-state index in [1.807, 2.05) is 18.2 Å². The van der Waals surface area contributed by atoms with Crippen LogP contribution in [0.2, 0.25) is 0 Å². The van der Waals surface area contributed by atoms with Gasteiger partial charge in [-0.15, -0.1) is 0 Å². The molecule has 2 aromatic rings. The smallest absolute Gasteiger partial charge is 0.119 e. The lowest BCUT2D eigenvalue weighted by Gasteiger charge is -2.20. The minimum absolute atomic E-state index is 0.841. The van der Waals surface area contributed by atoms with E-state index in [1.54, 1.807) is 7.11 Å². The highest BCUT2D eigenvalue weighted by molar-refractivity contribution is 9.10. The summed E-state index contributed by atoms with van der Waals surface area (Å²) in [5, 5.41) is 0. The predicted octanol–water partition coefficient (Wildman–Crippen LogP) is 3.60. The van der Waals surface area contributed by atoms with Crippen molar-refractivity contribution in [2.75, 3.05) is 24.3 Å². The average Bonchev–Trinajstić information content (AvgIpc) is 2.83. The van der Waals surface area contributed by atoms with E-state index in [0.717, 1.165) is 35.4 Å². The van der Waals surface area contributed by atoms with Crippen LogP contribution in [0.4, 0.5) is 11.4 Å². The molecule has 20 heavy (non-hydrogen) atoms. The Morgan fingerprint density at radius 2 is 2.10 bits per heavy atom. The number of halogens is 1. The first-order chi connectivity index (χ1) is 9.67. The number of hydrogen-bond acceptors (Lipinski definition) is 3. The van der Waals surface area contributed by atoms with Gasteiger partial charge in [0.2, 0.25) is 0 Å². The van der Waals surface area contributed by atoms with Crippen LogP contribution in [0.15, 0.2) is 40.9 Å². The van der Waals surface area contributed by atoms with E-state index < -0.39 is 0 Å². The molecule has 0 unspecified atom stereocenters. The van der Waals surface area contributed by atoms with E-state index in [4.69, 9.17) is 10.5 Å². The van der Waals surface area contributed by atoms with Crippen LogP contribution in [0.5, 0.6) is 5.75 Å². The minimum Gasteiger partial charge on any atom is -0.497 e. The minimum atomic E-state index is 0.841. The predicted molar refractivity (Wildman–Crippen MR) is 86.3 cm³/mol. The Labute approximate surface area is 127 Å². The van der Waals surface area contributed by atoms with Crippen LogP contribution in [-0.2, 0) is 13.0 Å². The monoisotopic (exact) mass is 332 g/mol. The fourth-order valence-electron chi connectivity index (χ4n) is 2.66. The maximum Gasteiger partial charge on any atom is 0.119 e. The Hall–Kier alpha value is -1.68. The Balaban J connectivity index is 1.87. The van der Waals surface area contributed by atoms with Gasteiger partial charge in [0.05, 0.1) is 7.11 Å². The van der Waals surface area contributed by atoms with Gasteiger partial charge in [-0.1, -0.05) is 15.9 Å². The van der Waals surface area contributed by atoms with Gasteiger partial charge in [0.15, 0.2) is 0 Å². The molecule has 0 amide bonds. The van der Waals surface area contributed by atoms with Crippen LogP contribution >= 0.6 is 15.9 Å². The van der Waals surface area contributed by atoms with Gasteiger partial charge in [-0.05, 0) is 53.9 Å². The zero-order valence-electron chi connectivity index (χ0n) is 11.4. The number of anilines is 2. The summed E-state index contributed by atoms with van der Waals surface area (Å²) in [6.07, 6.45) is 1.06. The van der Waals surface area contributed by atoms with E-state index in [-0.39, 0.29) is 0 Å². The number of benzene rings is 2. The van der Waals surface area contributed by atoms with Crippen LogP contribution in [0, 0.1) is 0 Å². The lowest BCUT2D eigenvalue weighted by Crippen LogP contribution is -2.19. The zero-order chi connectivity index (χ0) is 14.1. The number of nitrogen functional groups attached to an aromatic ring is 1. The average molecular weight is 333 g/mol. The van der Waals surface area contributed by atoms with E-state index in [9.17, 15) is 0 Å². The Kier molecular flexibility index (Phi) is 3.57.